The van der Waals surface area contributed by atoms with Crippen LogP contribution < -0.4 is 4.90 Å². The van der Waals surface area contributed by atoms with E-state index in [1.807, 2.05) is 36.1 Å². The minimum atomic E-state index is -0.740. The second-order valence-corrected chi connectivity index (χ2v) is 5.06. The van der Waals surface area contributed by atoms with Crippen LogP contribution in [0.15, 0.2) is 30.5 Å². The van der Waals surface area contributed by atoms with Crippen molar-refractivity contribution in [3.63, 3.8) is 0 Å². The minimum absolute atomic E-state index is 0.118. The van der Waals surface area contributed by atoms with Gasteiger partial charge >= 0.3 is 5.97 Å². The second kappa shape index (κ2) is 4.50. The normalized spacial score (nSPS) is 22.9. The first kappa shape index (κ1) is 11.9. The van der Waals surface area contributed by atoms with Crippen molar-refractivity contribution < 1.29 is 9.90 Å². The number of rotatable bonds is 2. The molecule has 0 bridgehead atoms. The lowest BCUT2D eigenvalue weighted by atomic mass is 9.99. The molecule has 1 aliphatic rings. The molecule has 1 aromatic heterocycles. The Balaban J connectivity index is 1.91. The molecule has 1 fully saturated rings. The number of fused-ring (bicyclic) bond motifs is 1. The van der Waals surface area contributed by atoms with Gasteiger partial charge in [0.05, 0.1) is 11.4 Å². The Morgan fingerprint density at radius 3 is 2.89 bits per heavy atom. The standard InChI is InChI=1S/C14H15N3O2/c1-9-7-17(8-11(9)13(18)19)14-15-6-10-4-2-3-5-12(10)16-14/h2-6,9,11H,7-8H2,1H3,(H,18,19). The molecule has 5 heteroatoms. The maximum atomic E-state index is 11.1. The molecule has 0 saturated carbocycles. The summed E-state index contributed by atoms with van der Waals surface area (Å²) in [4.78, 5) is 21.9. The monoisotopic (exact) mass is 257 g/mol. The maximum Gasteiger partial charge on any atom is 0.308 e. The van der Waals surface area contributed by atoms with E-state index in [2.05, 4.69) is 9.97 Å². The zero-order chi connectivity index (χ0) is 13.4. The van der Waals surface area contributed by atoms with Crippen molar-refractivity contribution in [2.24, 2.45) is 11.8 Å². The number of aromatic nitrogens is 2. The van der Waals surface area contributed by atoms with E-state index in [0.29, 0.717) is 19.0 Å². The Labute approximate surface area is 110 Å². The Kier molecular flexibility index (Phi) is 2.81. The fraction of sp³-hybridized carbons (Fsp3) is 0.357. The summed E-state index contributed by atoms with van der Waals surface area (Å²) in [6.45, 7) is 3.13. The number of nitrogens with zero attached hydrogens (tertiary/aromatic N) is 3. The number of hydrogen-bond donors (Lipinski definition) is 1. The van der Waals surface area contributed by atoms with Crippen molar-refractivity contribution in [3.05, 3.63) is 30.5 Å². The van der Waals surface area contributed by atoms with Gasteiger partial charge in [-0.3, -0.25) is 4.79 Å². The largest absolute Gasteiger partial charge is 0.481 e. The molecule has 5 nitrogen and oxygen atoms in total. The molecule has 98 valence electrons. The second-order valence-electron chi connectivity index (χ2n) is 5.06. The third-order valence-electron chi connectivity index (χ3n) is 3.69. The summed E-state index contributed by atoms with van der Waals surface area (Å²) in [5.74, 6) is -0.340. The summed E-state index contributed by atoms with van der Waals surface area (Å²) in [7, 11) is 0. The quantitative estimate of drug-likeness (QED) is 0.888. The van der Waals surface area contributed by atoms with E-state index in [4.69, 9.17) is 5.11 Å². The van der Waals surface area contributed by atoms with Crippen molar-refractivity contribution in [1.82, 2.24) is 9.97 Å². The highest BCUT2D eigenvalue weighted by atomic mass is 16.4. The number of benzene rings is 1. The van der Waals surface area contributed by atoms with Crippen molar-refractivity contribution in [3.8, 4) is 0 Å². The van der Waals surface area contributed by atoms with Crippen LogP contribution in [0.5, 0.6) is 0 Å². The first-order valence-electron chi connectivity index (χ1n) is 6.34. The lowest BCUT2D eigenvalue weighted by molar-refractivity contribution is -0.142. The smallest absolute Gasteiger partial charge is 0.308 e. The molecule has 1 aliphatic heterocycles. The highest BCUT2D eigenvalue weighted by molar-refractivity contribution is 5.78. The number of anilines is 1. The molecule has 2 unspecified atom stereocenters. The fourth-order valence-electron chi connectivity index (χ4n) is 2.57. The molecule has 19 heavy (non-hydrogen) atoms. The summed E-state index contributed by atoms with van der Waals surface area (Å²) in [6, 6.07) is 7.79. The summed E-state index contributed by atoms with van der Waals surface area (Å²) >= 11 is 0. The Morgan fingerprint density at radius 1 is 1.37 bits per heavy atom. The highest BCUT2D eigenvalue weighted by Crippen LogP contribution is 2.26. The molecular weight excluding hydrogens is 242 g/mol. The molecule has 1 saturated heterocycles. The maximum absolute atomic E-state index is 11.1. The number of hydrogen-bond acceptors (Lipinski definition) is 4. The van der Waals surface area contributed by atoms with Crippen molar-refractivity contribution in [2.75, 3.05) is 18.0 Å². The first-order chi connectivity index (χ1) is 9.15. The van der Waals surface area contributed by atoms with Gasteiger partial charge in [-0.15, -0.1) is 0 Å². The zero-order valence-corrected chi connectivity index (χ0v) is 10.7. The molecule has 0 radical (unpaired) electrons. The van der Waals surface area contributed by atoms with Gasteiger partial charge in [-0.2, -0.15) is 0 Å². The zero-order valence-electron chi connectivity index (χ0n) is 10.7. The fourth-order valence-corrected chi connectivity index (χ4v) is 2.57. The van der Waals surface area contributed by atoms with Gasteiger partial charge in [-0.25, -0.2) is 9.97 Å². The van der Waals surface area contributed by atoms with Gasteiger partial charge in [0.25, 0.3) is 0 Å². The van der Waals surface area contributed by atoms with Gasteiger partial charge in [-0.05, 0) is 12.0 Å². The molecule has 2 heterocycles. The van der Waals surface area contributed by atoms with Gasteiger partial charge in [0.1, 0.15) is 0 Å². The van der Waals surface area contributed by atoms with Crippen molar-refractivity contribution in [1.29, 1.82) is 0 Å². The Hall–Kier alpha value is -2.17. The number of para-hydroxylation sites is 1. The molecule has 1 aromatic carbocycles. The lowest BCUT2D eigenvalue weighted by Gasteiger charge is -2.15. The van der Waals surface area contributed by atoms with Crippen LogP contribution in [0.1, 0.15) is 6.92 Å². The molecule has 1 N–H and O–H groups in total. The van der Waals surface area contributed by atoms with Crippen LogP contribution in [-0.2, 0) is 4.79 Å². The molecule has 2 aromatic rings. The van der Waals surface area contributed by atoms with E-state index in [-0.39, 0.29) is 11.8 Å². The highest BCUT2D eigenvalue weighted by Gasteiger charge is 2.35. The van der Waals surface area contributed by atoms with Crippen LogP contribution in [0.3, 0.4) is 0 Å². The van der Waals surface area contributed by atoms with Gasteiger partial charge < -0.3 is 10.0 Å². The molecule has 0 spiro atoms. The van der Waals surface area contributed by atoms with E-state index in [0.717, 1.165) is 10.9 Å². The number of carboxylic acids is 1. The number of aliphatic carboxylic acids is 1. The lowest BCUT2D eigenvalue weighted by Crippen LogP contribution is -2.24. The number of carbonyl (C=O) groups is 1. The summed E-state index contributed by atoms with van der Waals surface area (Å²) in [5.41, 5.74) is 0.888. The predicted octanol–water partition coefficient (Wildman–Crippen LogP) is 1.79. The molecule has 3 rings (SSSR count). The van der Waals surface area contributed by atoms with E-state index >= 15 is 0 Å². The van der Waals surface area contributed by atoms with Gasteiger partial charge in [0.15, 0.2) is 0 Å². The predicted molar refractivity (Wildman–Crippen MR) is 72.0 cm³/mol. The average Bonchev–Trinajstić information content (AvgIpc) is 2.80. The molecule has 0 amide bonds. The molecular formula is C14H15N3O2. The Bertz CT molecular complexity index is 629. The van der Waals surface area contributed by atoms with E-state index < -0.39 is 5.97 Å². The van der Waals surface area contributed by atoms with Gasteiger partial charge in [0, 0.05) is 24.7 Å². The summed E-state index contributed by atoms with van der Waals surface area (Å²) < 4.78 is 0. The van der Waals surface area contributed by atoms with E-state index in [1.165, 1.54) is 0 Å². The summed E-state index contributed by atoms with van der Waals surface area (Å²) in [6.07, 6.45) is 1.79. The van der Waals surface area contributed by atoms with Gasteiger partial charge in [0.2, 0.25) is 5.95 Å². The van der Waals surface area contributed by atoms with E-state index in [9.17, 15) is 4.79 Å². The Morgan fingerprint density at radius 2 is 2.16 bits per heavy atom. The van der Waals surface area contributed by atoms with Crippen molar-refractivity contribution in [2.45, 2.75) is 6.92 Å². The van der Waals surface area contributed by atoms with Crippen molar-refractivity contribution >= 4 is 22.8 Å². The van der Waals surface area contributed by atoms with Crippen LogP contribution in [0.4, 0.5) is 5.95 Å². The van der Waals surface area contributed by atoms with Crippen LogP contribution in [0, 0.1) is 11.8 Å². The number of carboxylic acid groups (broad SMARTS) is 1. The van der Waals surface area contributed by atoms with Crippen LogP contribution in [0.25, 0.3) is 10.9 Å². The third-order valence-corrected chi connectivity index (χ3v) is 3.69. The minimum Gasteiger partial charge on any atom is -0.481 e. The average molecular weight is 257 g/mol. The first-order valence-corrected chi connectivity index (χ1v) is 6.34. The topological polar surface area (TPSA) is 66.3 Å². The summed E-state index contributed by atoms with van der Waals surface area (Å²) in [5, 5.41) is 10.1. The molecule has 0 aliphatic carbocycles. The third kappa shape index (κ3) is 2.12. The van der Waals surface area contributed by atoms with Crippen LogP contribution in [-0.4, -0.2) is 34.1 Å². The van der Waals surface area contributed by atoms with Crippen LogP contribution in [0.2, 0.25) is 0 Å². The SMILES string of the molecule is CC1CN(c2ncc3ccccc3n2)CC1C(=O)O. The van der Waals surface area contributed by atoms with Gasteiger partial charge in [-0.1, -0.05) is 25.1 Å². The van der Waals surface area contributed by atoms with Crippen LogP contribution >= 0.6 is 0 Å². The molecule has 2 atom stereocenters. The van der Waals surface area contributed by atoms with E-state index in [1.54, 1.807) is 6.20 Å².